The van der Waals surface area contributed by atoms with Crippen molar-refractivity contribution in [2.24, 2.45) is 0 Å². The van der Waals surface area contributed by atoms with E-state index < -0.39 is 4.84 Å². The van der Waals surface area contributed by atoms with Gasteiger partial charge in [-0.25, -0.2) is 0 Å². The SMILES string of the molecule is O=C(NC1CCN(C(=O)c2ccc(-n3cccc3)cc2)CC1)C(Cl)Cl. The zero-order valence-electron chi connectivity index (χ0n) is 13.6. The van der Waals surface area contributed by atoms with Crippen LogP contribution in [0.15, 0.2) is 48.8 Å². The van der Waals surface area contributed by atoms with E-state index in [2.05, 4.69) is 5.32 Å². The number of hydrogen-bond acceptors (Lipinski definition) is 2. The van der Waals surface area contributed by atoms with Crippen LogP contribution >= 0.6 is 23.2 Å². The van der Waals surface area contributed by atoms with Gasteiger partial charge in [0.05, 0.1) is 0 Å². The molecule has 2 amide bonds. The Morgan fingerprint density at radius 3 is 2.20 bits per heavy atom. The fraction of sp³-hybridized carbons (Fsp3) is 0.333. The number of carbonyl (C=O) groups excluding carboxylic acids is 2. The van der Waals surface area contributed by atoms with Gasteiger partial charge in [0.15, 0.2) is 4.84 Å². The fourth-order valence-electron chi connectivity index (χ4n) is 2.96. The van der Waals surface area contributed by atoms with Crippen molar-refractivity contribution in [3.05, 3.63) is 54.4 Å². The van der Waals surface area contributed by atoms with Gasteiger partial charge in [-0.05, 0) is 49.2 Å². The van der Waals surface area contributed by atoms with Gasteiger partial charge in [-0.3, -0.25) is 9.59 Å². The maximum Gasteiger partial charge on any atom is 0.253 e. The number of piperidine rings is 1. The second-order valence-corrected chi connectivity index (χ2v) is 7.11. The van der Waals surface area contributed by atoms with E-state index in [0.29, 0.717) is 31.5 Å². The number of carbonyl (C=O) groups is 2. The van der Waals surface area contributed by atoms with Gasteiger partial charge in [0.1, 0.15) is 0 Å². The molecule has 0 saturated carbocycles. The molecule has 1 aromatic carbocycles. The first-order valence-electron chi connectivity index (χ1n) is 8.16. The number of rotatable bonds is 4. The zero-order valence-corrected chi connectivity index (χ0v) is 15.1. The summed E-state index contributed by atoms with van der Waals surface area (Å²) in [5.41, 5.74) is 1.68. The summed E-state index contributed by atoms with van der Waals surface area (Å²) in [6.45, 7) is 1.19. The third-order valence-corrected chi connectivity index (χ3v) is 4.74. The van der Waals surface area contributed by atoms with Crippen molar-refractivity contribution in [2.45, 2.75) is 23.7 Å². The molecule has 0 spiro atoms. The molecule has 3 rings (SSSR count). The minimum absolute atomic E-state index is 0.00710. The predicted octanol–water partition coefficient (Wildman–Crippen LogP) is 3.00. The Balaban J connectivity index is 1.56. The van der Waals surface area contributed by atoms with Crippen molar-refractivity contribution in [2.75, 3.05) is 13.1 Å². The Morgan fingerprint density at radius 1 is 1.04 bits per heavy atom. The normalized spacial score (nSPS) is 15.4. The van der Waals surface area contributed by atoms with Gasteiger partial charge in [0.2, 0.25) is 0 Å². The molecule has 0 atom stereocenters. The molecular formula is C18H19Cl2N3O2. The smallest absolute Gasteiger partial charge is 0.253 e. The molecule has 0 radical (unpaired) electrons. The average Bonchev–Trinajstić information content (AvgIpc) is 3.16. The maximum atomic E-state index is 12.6. The molecule has 1 saturated heterocycles. The van der Waals surface area contributed by atoms with E-state index in [1.165, 1.54) is 0 Å². The van der Waals surface area contributed by atoms with Crippen LogP contribution in [-0.4, -0.2) is 45.2 Å². The third-order valence-electron chi connectivity index (χ3n) is 4.34. The summed E-state index contributed by atoms with van der Waals surface area (Å²) in [6.07, 6.45) is 5.31. The first-order valence-corrected chi connectivity index (χ1v) is 9.03. The van der Waals surface area contributed by atoms with E-state index in [1.54, 1.807) is 0 Å². The molecule has 0 unspecified atom stereocenters. The van der Waals surface area contributed by atoms with Crippen LogP contribution in [0.4, 0.5) is 0 Å². The van der Waals surface area contributed by atoms with E-state index in [0.717, 1.165) is 5.69 Å². The second-order valence-electron chi connectivity index (χ2n) is 6.01. The molecule has 1 aliphatic heterocycles. The lowest BCUT2D eigenvalue weighted by Gasteiger charge is -2.32. The molecule has 5 nitrogen and oxygen atoms in total. The number of halogens is 2. The fourth-order valence-corrected chi connectivity index (χ4v) is 3.08. The van der Waals surface area contributed by atoms with Crippen LogP contribution in [-0.2, 0) is 4.79 Å². The van der Waals surface area contributed by atoms with Gasteiger partial charge in [-0.15, -0.1) is 0 Å². The number of hydrogen-bond donors (Lipinski definition) is 1. The lowest BCUT2D eigenvalue weighted by Crippen LogP contribution is -2.47. The first kappa shape index (κ1) is 17.8. The van der Waals surface area contributed by atoms with Gasteiger partial charge in [0, 0.05) is 42.8 Å². The summed E-state index contributed by atoms with van der Waals surface area (Å²) in [6, 6.07) is 11.5. The number of alkyl halides is 2. The molecule has 7 heteroatoms. The largest absolute Gasteiger partial charge is 0.351 e. The first-order chi connectivity index (χ1) is 12.0. The van der Waals surface area contributed by atoms with Crippen molar-refractivity contribution >= 4 is 35.0 Å². The number of nitrogens with one attached hydrogen (secondary N) is 1. The number of amides is 2. The highest BCUT2D eigenvalue weighted by atomic mass is 35.5. The quantitative estimate of drug-likeness (QED) is 0.830. The van der Waals surface area contributed by atoms with Crippen molar-refractivity contribution in [3.8, 4) is 5.69 Å². The van der Waals surface area contributed by atoms with E-state index in [9.17, 15) is 9.59 Å². The van der Waals surface area contributed by atoms with Crippen LogP contribution in [0.25, 0.3) is 5.69 Å². The molecule has 0 bridgehead atoms. The predicted molar refractivity (Wildman–Crippen MR) is 98.3 cm³/mol. The highest BCUT2D eigenvalue weighted by Crippen LogP contribution is 2.16. The molecule has 2 heterocycles. The molecule has 1 fully saturated rings. The second kappa shape index (κ2) is 7.93. The Morgan fingerprint density at radius 2 is 1.64 bits per heavy atom. The molecule has 132 valence electrons. The summed E-state index contributed by atoms with van der Waals surface area (Å²) < 4.78 is 1.99. The van der Waals surface area contributed by atoms with E-state index >= 15 is 0 Å². The standard InChI is InChI=1S/C18H19Cl2N3O2/c19-16(20)17(24)21-14-7-11-23(12-8-14)18(25)13-3-5-15(6-4-13)22-9-1-2-10-22/h1-6,9-10,14,16H,7-8,11-12H2,(H,21,24). The lowest BCUT2D eigenvalue weighted by atomic mass is 10.0. The molecule has 0 aliphatic carbocycles. The van der Waals surface area contributed by atoms with Crippen LogP contribution in [0.2, 0.25) is 0 Å². The molecule has 1 aliphatic rings. The molecule has 1 aromatic heterocycles. The molecule has 2 aromatic rings. The lowest BCUT2D eigenvalue weighted by molar-refractivity contribution is -0.120. The van der Waals surface area contributed by atoms with Gasteiger partial charge in [-0.1, -0.05) is 23.2 Å². The summed E-state index contributed by atoms with van der Waals surface area (Å²) >= 11 is 11.1. The van der Waals surface area contributed by atoms with Crippen LogP contribution in [0.5, 0.6) is 0 Å². The summed E-state index contributed by atoms with van der Waals surface area (Å²) in [4.78, 5) is 24.9. The monoisotopic (exact) mass is 379 g/mol. The van der Waals surface area contributed by atoms with E-state index in [1.807, 2.05) is 58.3 Å². The summed E-state index contributed by atoms with van der Waals surface area (Å²) in [7, 11) is 0. The van der Waals surface area contributed by atoms with Crippen LogP contribution in [0.1, 0.15) is 23.2 Å². The third kappa shape index (κ3) is 4.35. The number of benzene rings is 1. The Labute approximate surface area is 156 Å². The summed E-state index contributed by atoms with van der Waals surface area (Å²) in [5.74, 6) is -0.370. The highest BCUT2D eigenvalue weighted by molar-refractivity contribution is 6.53. The number of aromatic nitrogens is 1. The number of nitrogens with zero attached hydrogens (tertiary/aromatic N) is 2. The van der Waals surface area contributed by atoms with Crippen molar-refractivity contribution < 1.29 is 9.59 Å². The van der Waals surface area contributed by atoms with Crippen molar-refractivity contribution in [3.63, 3.8) is 0 Å². The Hall–Kier alpha value is -1.98. The maximum absolute atomic E-state index is 12.6. The van der Waals surface area contributed by atoms with Gasteiger partial charge < -0.3 is 14.8 Å². The zero-order chi connectivity index (χ0) is 17.8. The Bertz CT molecular complexity index is 721. The van der Waals surface area contributed by atoms with Gasteiger partial charge in [-0.2, -0.15) is 0 Å². The summed E-state index contributed by atoms with van der Waals surface area (Å²) in [5, 5.41) is 2.80. The topological polar surface area (TPSA) is 54.3 Å². The minimum atomic E-state index is -1.06. The van der Waals surface area contributed by atoms with Crippen molar-refractivity contribution in [1.82, 2.24) is 14.8 Å². The minimum Gasteiger partial charge on any atom is -0.351 e. The van der Waals surface area contributed by atoms with Crippen LogP contribution in [0, 0.1) is 0 Å². The Kier molecular flexibility index (Phi) is 5.66. The number of likely N-dealkylation sites (tertiary alicyclic amines) is 1. The van der Waals surface area contributed by atoms with Crippen LogP contribution < -0.4 is 5.32 Å². The van der Waals surface area contributed by atoms with Gasteiger partial charge >= 0.3 is 0 Å². The molecule has 25 heavy (non-hydrogen) atoms. The van der Waals surface area contributed by atoms with E-state index in [4.69, 9.17) is 23.2 Å². The molecular weight excluding hydrogens is 361 g/mol. The average molecular weight is 380 g/mol. The van der Waals surface area contributed by atoms with E-state index in [-0.39, 0.29) is 17.9 Å². The molecule has 1 N–H and O–H groups in total. The van der Waals surface area contributed by atoms with Crippen molar-refractivity contribution in [1.29, 1.82) is 0 Å². The van der Waals surface area contributed by atoms with Gasteiger partial charge in [0.25, 0.3) is 11.8 Å². The highest BCUT2D eigenvalue weighted by Gasteiger charge is 2.25. The van der Waals surface area contributed by atoms with Crippen LogP contribution in [0.3, 0.4) is 0 Å².